The number of halogens is 1. The average Bonchev–Trinajstić information content (AvgIpc) is 3.43. The van der Waals surface area contributed by atoms with Gasteiger partial charge in [0.05, 0.1) is 16.2 Å². The van der Waals surface area contributed by atoms with E-state index in [9.17, 15) is 9.00 Å². The molecule has 0 fully saturated rings. The molecule has 5 rings (SSSR count). The van der Waals surface area contributed by atoms with Crippen LogP contribution in [0, 0.1) is 0 Å². The smallest absolute Gasteiger partial charge is 0.416 e. The van der Waals surface area contributed by atoms with Crippen molar-refractivity contribution in [2.45, 2.75) is 37.7 Å². The summed E-state index contributed by atoms with van der Waals surface area (Å²) >= 11 is 6.77. The maximum Gasteiger partial charge on any atom is 0.416 e. The molecule has 198 valence electrons. The lowest BCUT2D eigenvalue weighted by Crippen LogP contribution is -2.40. The highest BCUT2D eigenvalue weighted by molar-refractivity contribution is 7.86. The van der Waals surface area contributed by atoms with E-state index in [1.54, 1.807) is 52.3 Å². The number of carbonyl (C=O) groups excluding carboxylic acids is 1. The topological polar surface area (TPSA) is 126 Å². The molecule has 2 aliphatic heterocycles. The van der Waals surface area contributed by atoms with Crippen LogP contribution in [0.2, 0.25) is 5.02 Å². The Labute approximate surface area is 227 Å². The summed E-state index contributed by atoms with van der Waals surface area (Å²) in [5.74, 6) is 1.82. The van der Waals surface area contributed by atoms with Crippen LogP contribution in [0.5, 0.6) is 0 Å². The first-order valence-corrected chi connectivity index (χ1v) is 13.4. The number of nitrogens with zero attached hydrogens (tertiary/aromatic N) is 6. The van der Waals surface area contributed by atoms with Crippen LogP contribution < -0.4 is 14.5 Å². The number of aromatic nitrogens is 3. The highest BCUT2D eigenvalue weighted by Gasteiger charge is 2.32. The van der Waals surface area contributed by atoms with E-state index in [-0.39, 0.29) is 11.8 Å². The Hall–Kier alpha value is -3.77. The van der Waals surface area contributed by atoms with E-state index < -0.39 is 22.7 Å². The maximum absolute atomic E-state index is 12.7. The number of carbonyl (C=O) groups is 1. The number of anilines is 3. The monoisotopic (exact) mass is 555 g/mol. The number of amidine groups is 1. The molecule has 0 saturated heterocycles. The van der Waals surface area contributed by atoms with Crippen LogP contribution in [0.1, 0.15) is 38.3 Å². The Morgan fingerprint density at radius 3 is 2.84 bits per heavy atom. The minimum absolute atomic E-state index is 0.218. The second-order valence-electron chi connectivity index (χ2n) is 9.61. The molecular formula is C25H26ClN7O4S. The molecule has 2 aliphatic rings. The van der Waals surface area contributed by atoms with Gasteiger partial charge in [0.1, 0.15) is 23.5 Å². The Kier molecular flexibility index (Phi) is 6.93. The van der Waals surface area contributed by atoms with Crippen molar-refractivity contribution in [2.24, 2.45) is 4.99 Å². The van der Waals surface area contributed by atoms with Crippen LogP contribution in [0.3, 0.4) is 0 Å². The summed E-state index contributed by atoms with van der Waals surface area (Å²) in [7, 11) is -0.0287. The number of aliphatic imine (C=N–C) groups is 1. The van der Waals surface area contributed by atoms with Crippen molar-refractivity contribution in [1.82, 2.24) is 15.0 Å². The Balaban J connectivity index is 1.51. The van der Waals surface area contributed by atoms with Gasteiger partial charge in [-0.15, -0.1) is 0 Å². The lowest BCUT2D eigenvalue weighted by Gasteiger charge is -2.34. The molecule has 0 aliphatic carbocycles. The van der Waals surface area contributed by atoms with Gasteiger partial charge in [0, 0.05) is 49.2 Å². The summed E-state index contributed by atoms with van der Waals surface area (Å²) in [5, 5.41) is 0.300. The van der Waals surface area contributed by atoms with Crippen LogP contribution >= 0.6 is 11.6 Å². The fraction of sp³-hybridized carbons (Fsp3) is 0.320. The molecule has 3 aromatic heterocycles. The largest absolute Gasteiger partial charge is 0.471 e. The number of fused-ring (bicyclic) bond motifs is 3. The van der Waals surface area contributed by atoms with Gasteiger partial charge >= 0.3 is 6.09 Å². The first kappa shape index (κ1) is 25.9. The maximum atomic E-state index is 12.7. The number of nitrogens with one attached hydrogen (secondary N) is 1. The summed E-state index contributed by atoms with van der Waals surface area (Å²) in [4.78, 5) is 34.5. The summed E-state index contributed by atoms with van der Waals surface area (Å²) in [6.07, 6.45) is 8.28. The highest BCUT2D eigenvalue weighted by Crippen LogP contribution is 2.39. The van der Waals surface area contributed by atoms with Gasteiger partial charge in [0.15, 0.2) is 16.8 Å². The molecule has 13 heteroatoms. The first-order valence-electron chi connectivity index (χ1n) is 11.9. The van der Waals surface area contributed by atoms with Crippen molar-refractivity contribution in [3.8, 4) is 0 Å². The molecule has 0 radical (unpaired) electrons. The number of pyridine rings is 1. The van der Waals surface area contributed by atoms with Crippen molar-refractivity contribution < 1.29 is 18.2 Å². The van der Waals surface area contributed by atoms with Crippen LogP contribution in [0.4, 0.5) is 22.4 Å². The molecule has 1 amide bonds. The molecule has 1 unspecified atom stereocenters. The van der Waals surface area contributed by atoms with Gasteiger partial charge in [-0.2, -0.15) is 4.98 Å². The van der Waals surface area contributed by atoms with E-state index in [0.29, 0.717) is 40.2 Å². The third-order valence-electron chi connectivity index (χ3n) is 5.68. The van der Waals surface area contributed by atoms with Crippen molar-refractivity contribution in [3.63, 3.8) is 0 Å². The molecule has 0 spiro atoms. The van der Waals surface area contributed by atoms with Gasteiger partial charge in [-0.25, -0.2) is 23.9 Å². The van der Waals surface area contributed by atoms with Crippen molar-refractivity contribution in [1.29, 1.82) is 0 Å². The number of furan rings is 1. The lowest BCUT2D eigenvalue weighted by molar-refractivity contribution is 0.0587. The minimum Gasteiger partial charge on any atom is -0.471 e. The van der Waals surface area contributed by atoms with E-state index in [2.05, 4.69) is 14.7 Å². The Morgan fingerprint density at radius 2 is 2.11 bits per heavy atom. The minimum atomic E-state index is -1.60. The summed E-state index contributed by atoms with van der Waals surface area (Å²) in [5.41, 5.74) is 1.52. The third-order valence-corrected chi connectivity index (χ3v) is 7.10. The number of ether oxygens (including phenoxy) is 1. The number of hydrogen-bond acceptors (Lipinski definition) is 9. The number of amides is 1. The highest BCUT2D eigenvalue weighted by atomic mass is 35.5. The van der Waals surface area contributed by atoms with Crippen molar-refractivity contribution in [2.75, 3.05) is 34.7 Å². The zero-order chi connectivity index (χ0) is 27.0. The van der Waals surface area contributed by atoms with Crippen LogP contribution in [0.25, 0.3) is 11.6 Å². The van der Waals surface area contributed by atoms with E-state index in [1.807, 2.05) is 11.0 Å². The standard InChI is InChI=1S/C25H26ClN7O4S/c1-25(2,3)37-24(34)32(4)23-29-13-15-12-18(22-28-8-5-10-33(22)21(15)30-23)17-6-9-27-20(19(17)26)31-38(35)16-7-11-36-14-16/h6-7,9,11-14H,5,8,10H2,1-4H3,(H,27,31). The van der Waals surface area contributed by atoms with E-state index in [4.69, 9.17) is 30.7 Å². The van der Waals surface area contributed by atoms with E-state index >= 15 is 0 Å². The fourth-order valence-electron chi connectivity index (χ4n) is 3.95. The molecule has 1 N–H and O–H groups in total. The van der Waals surface area contributed by atoms with E-state index in [0.717, 1.165) is 17.6 Å². The van der Waals surface area contributed by atoms with Gasteiger partial charge in [-0.05, 0) is 45.4 Å². The number of hydrogen-bond donors (Lipinski definition) is 1. The quantitative estimate of drug-likeness (QED) is 0.476. The molecule has 0 bridgehead atoms. The van der Waals surface area contributed by atoms with E-state index in [1.165, 1.54) is 17.4 Å². The zero-order valence-electron chi connectivity index (χ0n) is 21.3. The van der Waals surface area contributed by atoms with Crippen LogP contribution in [-0.4, -0.2) is 56.8 Å². The molecule has 1 atom stereocenters. The van der Waals surface area contributed by atoms with Gasteiger partial charge < -0.3 is 14.1 Å². The molecule has 11 nitrogen and oxygen atoms in total. The van der Waals surface area contributed by atoms with Crippen molar-refractivity contribution >= 4 is 63.7 Å². The van der Waals surface area contributed by atoms with Crippen LogP contribution in [-0.2, 0) is 15.7 Å². The molecule has 38 heavy (non-hydrogen) atoms. The second-order valence-corrected chi connectivity index (χ2v) is 11.2. The summed E-state index contributed by atoms with van der Waals surface area (Å²) in [6.45, 7) is 6.72. The van der Waals surface area contributed by atoms with Crippen molar-refractivity contribution in [3.05, 3.63) is 53.2 Å². The fourth-order valence-corrected chi connectivity index (χ4v) is 5.04. The molecule has 3 aromatic rings. The molecule has 0 aromatic carbocycles. The Morgan fingerprint density at radius 1 is 1.29 bits per heavy atom. The summed E-state index contributed by atoms with van der Waals surface area (Å²) in [6, 6.07) is 3.39. The lowest BCUT2D eigenvalue weighted by atomic mass is 9.97. The summed E-state index contributed by atoms with van der Waals surface area (Å²) < 4.78 is 26.0. The van der Waals surface area contributed by atoms with Gasteiger partial charge in [-0.1, -0.05) is 11.6 Å². The molecule has 5 heterocycles. The predicted molar refractivity (Wildman–Crippen MR) is 147 cm³/mol. The Bertz CT molecular complexity index is 1470. The van der Waals surface area contributed by atoms with Gasteiger partial charge in [0.2, 0.25) is 5.95 Å². The van der Waals surface area contributed by atoms with Gasteiger partial charge in [0.25, 0.3) is 0 Å². The molecule has 0 saturated carbocycles. The average molecular weight is 556 g/mol. The van der Waals surface area contributed by atoms with Crippen LogP contribution in [0.15, 0.2) is 51.4 Å². The normalized spacial score (nSPS) is 15.6. The third kappa shape index (κ3) is 5.14. The predicted octanol–water partition coefficient (Wildman–Crippen LogP) is 4.79. The van der Waals surface area contributed by atoms with Gasteiger partial charge in [-0.3, -0.25) is 9.71 Å². The first-order chi connectivity index (χ1) is 18.1. The SMILES string of the molecule is CN(C(=O)OC(C)(C)C)c1ncc2c(n1)N1CCCN=C1C(c1ccnc(NS(=O)c3ccoc3)c1Cl)=C2. The number of rotatable bonds is 5. The second kappa shape index (κ2) is 10.2. The zero-order valence-corrected chi connectivity index (χ0v) is 22.8. The molecular weight excluding hydrogens is 530 g/mol.